The molecular formula is C18H18FN3O5S. The molecule has 1 N–H and O–H groups in total. The van der Waals surface area contributed by atoms with Crippen LogP contribution in [0.15, 0.2) is 53.4 Å². The molecule has 0 aliphatic carbocycles. The topological polar surface area (TPSA) is 110 Å². The summed E-state index contributed by atoms with van der Waals surface area (Å²) in [6.07, 6.45) is 1.03. The summed E-state index contributed by atoms with van der Waals surface area (Å²) < 4.78 is 40.8. The first kappa shape index (κ1) is 19.9. The first-order valence-corrected chi connectivity index (χ1v) is 10.1. The van der Waals surface area contributed by atoms with E-state index < -0.39 is 32.7 Å². The Morgan fingerprint density at radius 1 is 1.21 bits per heavy atom. The Morgan fingerprint density at radius 2 is 1.96 bits per heavy atom. The standard InChI is InChI=1S/C18H18FN3O5S/c19-13-5-3-7-15(11-13)28(26,27)20-14-6-4-10-21(12-14)18(23)16-8-1-2-9-17(16)22(24)25/h1-3,5,7-9,11,14,20H,4,6,10,12H2. The van der Waals surface area contributed by atoms with Gasteiger partial charge < -0.3 is 4.90 Å². The number of carbonyl (C=O) groups is 1. The van der Waals surface area contributed by atoms with E-state index in [1.165, 1.54) is 41.3 Å². The molecule has 3 rings (SSSR count). The second-order valence-electron chi connectivity index (χ2n) is 6.44. The third-order valence-electron chi connectivity index (χ3n) is 4.47. The van der Waals surface area contributed by atoms with Crippen molar-refractivity contribution in [3.05, 3.63) is 70.0 Å². The number of amides is 1. The molecule has 0 saturated carbocycles. The van der Waals surface area contributed by atoms with Crippen LogP contribution < -0.4 is 4.72 Å². The highest BCUT2D eigenvalue weighted by Crippen LogP contribution is 2.22. The molecule has 1 atom stereocenters. The lowest BCUT2D eigenvalue weighted by molar-refractivity contribution is -0.385. The average molecular weight is 407 g/mol. The zero-order valence-electron chi connectivity index (χ0n) is 14.7. The Hall–Kier alpha value is -2.85. The van der Waals surface area contributed by atoms with Gasteiger partial charge >= 0.3 is 0 Å². The molecule has 0 spiro atoms. The lowest BCUT2D eigenvalue weighted by Gasteiger charge is -2.33. The van der Waals surface area contributed by atoms with Gasteiger partial charge in [0.2, 0.25) is 10.0 Å². The third kappa shape index (κ3) is 4.34. The Balaban J connectivity index is 1.76. The third-order valence-corrected chi connectivity index (χ3v) is 5.99. The van der Waals surface area contributed by atoms with Crippen LogP contribution in [0.5, 0.6) is 0 Å². The van der Waals surface area contributed by atoms with Crippen molar-refractivity contribution in [1.29, 1.82) is 0 Å². The molecule has 1 aliphatic rings. The Morgan fingerprint density at radius 3 is 2.68 bits per heavy atom. The first-order valence-electron chi connectivity index (χ1n) is 8.58. The van der Waals surface area contributed by atoms with Crippen molar-refractivity contribution in [3.8, 4) is 0 Å². The van der Waals surface area contributed by atoms with Crippen LogP contribution in [-0.4, -0.2) is 43.3 Å². The van der Waals surface area contributed by atoms with E-state index in [9.17, 15) is 27.7 Å². The molecule has 1 unspecified atom stereocenters. The van der Waals surface area contributed by atoms with Gasteiger partial charge in [0.15, 0.2) is 0 Å². The molecule has 1 amide bonds. The molecular weight excluding hydrogens is 389 g/mol. The molecule has 2 aromatic rings. The molecule has 1 heterocycles. The van der Waals surface area contributed by atoms with Gasteiger partial charge in [0, 0.05) is 25.2 Å². The number of carbonyl (C=O) groups excluding carboxylic acids is 1. The molecule has 1 aliphatic heterocycles. The maximum absolute atomic E-state index is 13.3. The van der Waals surface area contributed by atoms with Crippen molar-refractivity contribution < 1.29 is 22.5 Å². The quantitative estimate of drug-likeness (QED) is 0.604. The predicted octanol–water partition coefficient (Wildman–Crippen LogP) is 2.32. The summed E-state index contributed by atoms with van der Waals surface area (Å²) in [5, 5.41) is 11.2. The van der Waals surface area contributed by atoms with E-state index in [0.717, 1.165) is 12.1 Å². The number of nitro benzene ring substituents is 1. The van der Waals surface area contributed by atoms with Gasteiger partial charge in [-0.1, -0.05) is 18.2 Å². The number of sulfonamides is 1. The van der Waals surface area contributed by atoms with Crippen molar-refractivity contribution in [2.45, 2.75) is 23.8 Å². The van der Waals surface area contributed by atoms with Crippen LogP contribution in [0.25, 0.3) is 0 Å². The van der Waals surface area contributed by atoms with Crippen molar-refractivity contribution in [2.24, 2.45) is 0 Å². The number of nitrogens with zero attached hydrogens (tertiary/aromatic N) is 2. The van der Waals surface area contributed by atoms with Crippen molar-refractivity contribution >= 4 is 21.6 Å². The highest BCUT2D eigenvalue weighted by Gasteiger charge is 2.30. The van der Waals surface area contributed by atoms with Crippen molar-refractivity contribution in [3.63, 3.8) is 0 Å². The summed E-state index contributed by atoms with van der Waals surface area (Å²) in [5.74, 6) is -1.19. The number of benzene rings is 2. The van der Waals surface area contributed by atoms with Crippen molar-refractivity contribution in [1.82, 2.24) is 9.62 Å². The summed E-state index contributed by atoms with van der Waals surface area (Å²) in [5.41, 5.74) is -0.337. The summed E-state index contributed by atoms with van der Waals surface area (Å²) in [7, 11) is -3.95. The molecule has 0 radical (unpaired) electrons. The number of rotatable bonds is 5. The molecule has 1 saturated heterocycles. The summed E-state index contributed by atoms with van der Waals surface area (Å²) in [6, 6.07) is 9.71. The Kier molecular flexibility index (Phi) is 5.71. The fourth-order valence-electron chi connectivity index (χ4n) is 3.16. The maximum atomic E-state index is 13.3. The number of piperidine rings is 1. The Bertz CT molecular complexity index is 1010. The lowest BCUT2D eigenvalue weighted by atomic mass is 10.0. The van der Waals surface area contributed by atoms with Crippen LogP contribution in [0.3, 0.4) is 0 Å². The van der Waals surface area contributed by atoms with Crippen LogP contribution in [0.1, 0.15) is 23.2 Å². The second-order valence-corrected chi connectivity index (χ2v) is 8.16. The number of nitro groups is 1. The highest BCUT2D eigenvalue weighted by atomic mass is 32.2. The van der Waals surface area contributed by atoms with Gasteiger partial charge in [0.05, 0.1) is 9.82 Å². The van der Waals surface area contributed by atoms with Gasteiger partial charge in [0.25, 0.3) is 11.6 Å². The molecule has 1 fully saturated rings. The number of para-hydroxylation sites is 1. The van der Waals surface area contributed by atoms with E-state index in [2.05, 4.69) is 4.72 Å². The largest absolute Gasteiger partial charge is 0.337 e. The van der Waals surface area contributed by atoms with Crippen LogP contribution in [0.4, 0.5) is 10.1 Å². The highest BCUT2D eigenvalue weighted by molar-refractivity contribution is 7.89. The van der Waals surface area contributed by atoms with E-state index >= 15 is 0 Å². The second kappa shape index (κ2) is 8.03. The van der Waals surface area contributed by atoms with Crippen LogP contribution in [0.2, 0.25) is 0 Å². The van der Waals surface area contributed by atoms with Gasteiger partial charge in [-0.2, -0.15) is 0 Å². The normalized spacial score (nSPS) is 17.3. The van der Waals surface area contributed by atoms with E-state index in [4.69, 9.17) is 0 Å². The van der Waals surface area contributed by atoms with E-state index in [-0.39, 0.29) is 22.7 Å². The maximum Gasteiger partial charge on any atom is 0.282 e. The van der Waals surface area contributed by atoms with Crippen LogP contribution in [0, 0.1) is 15.9 Å². The fourth-order valence-corrected chi connectivity index (χ4v) is 4.46. The number of hydrogen-bond donors (Lipinski definition) is 1. The van der Waals surface area contributed by atoms with Gasteiger partial charge in [-0.15, -0.1) is 0 Å². The van der Waals surface area contributed by atoms with Gasteiger partial charge in [-0.05, 0) is 37.1 Å². The smallest absolute Gasteiger partial charge is 0.282 e. The Labute approximate surface area is 161 Å². The molecule has 148 valence electrons. The average Bonchev–Trinajstić information content (AvgIpc) is 2.67. The molecule has 0 aromatic heterocycles. The van der Waals surface area contributed by atoms with Gasteiger partial charge in [0.1, 0.15) is 11.4 Å². The van der Waals surface area contributed by atoms with E-state index in [1.807, 2.05) is 0 Å². The zero-order chi connectivity index (χ0) is 20.3. The summed E-state index contributed by atoms with van der Waals surface area (Å²) in [4.78, 5) is 24.5. The van der Waals surface area contributed by atoms with E-state index in [1.54, 1.807) is 0 Å². The summed E-state index contributed by atoms with van der Waals surface area (Å²) >= 11 is 0. The molecule has 2 aromatic carbocycles. The molecule has 28 heavy (non-hydrogen) atoms. The first-order chi connectivity index (χ1) is 13.3. The fraction of sp³-hybridized carbons (Fsp3) is 0.278. The number of halogens is 1. The summed E-state index contributed by atoms with van der Waals surface area (Å²) in [6.45, 7) is 0.433. The van der Waals surface area contributed by atoms with Gasteiger partial charge in [-0.3, -0.25) is 14.9 Å². The van der Waals surface area contributed by atoms with Crippen LogP contribution >= 0.6 is 0 Å². The minimum absolute atomic E-state index is 0.0406. The lowest BCUT2D eigenvalue weighted by Crippen LogP contribution is -2.49. The van der Waals surface area contributed by atoms with Crippen molar-refractivity contribution in [2.75, 3.05) is 13.1 Å². The number of nitrogens with one attached hydrogen (secondary N) is 1. The molecule has 10 heteroatoms. The minimum atomic E-state index is -3.95. The molecule has 8 nitrogen and oxygen atoms in total. The predicted molar refractivity (Wildman–Crippen MR) is 98.7 cm³/mol. The zero-order valence-corrected chi connectivity index (χ0v) is 15.6. The molecule has 0 bridgehead atoms. The minimum Gasteiger partial charge on any atom is -0.337 e. The number of likely N-dealkylation sites (tertiary alicyclic amines) is 1. The monoisotopic (exact) mass is 407 g/mol. The van der Waals surface area contributed by atoms with Gasteiger partial charge in [-0.25, -0.2) is 17.5 Å². The SMILES string of the molecule is O=C(c1ccccc1[N+](=O)[O-])N1CCCC(NS(=O)(=O)c2cccc(F)c2)C1. The van der Waals surface area contributed by atoms with Crippen LogP contribution in [-0.2, 0) is 10.0 Å². The van der Waals surface area contributed by atoms with E-state index in [0.29, 0.717) is 19.4 Å². The number of hydrogen-bond acceptors (Lipinski definition) is 5.